The van der Waals surface area contributed by atoms with Crippen molar-refractivity contribution in [2.45, 2.75) is 103 Å². The van der Waals surface area contributed by atoms with E-state index in [0.717, 1.165) is 38.5 Å². The van der Waals surface area contributed by atoms with Crippen LogP contribution in [0.25, 0.3) is 0 Å². The molecule has 0 unspecified atom stereocenters. The second-order valence-electron chi connectivity index (χ2n) is 8.91. The fourth-order valence-electron chi connectivity index (χ4n) is 3.65. The van der Waals surface area contributed by atoms with E-state index < -0.39 is 19.7 Å². The van der Waals surface area contributed by atoms with Gasteiger partial charge in [-0.3, -0.25) is 9.59 Å². The lowest BCUT2D eigenvalue weighted by molar-refractivity contribution is -0.141. The van der Waals surface area contributed by atoms with Crippen molar-refractivity contribution in [3.05, 3.63) is 0 Å². The van der Waals surface area contributed by atoms with Crippen molar-refractivity contribution in [3.63, 3.8) is 0 Å². The van der Waals surface area contributed by atoms with Crippen molar-refractivity contribution in [2.24, 2.45) is 0 Å². The molecule has 0 aromatic rings. The van der Waals surface area contributed by atoms with Crippen LogP contribution < -0.4 is 0 Å². The molecule has 0 saturated heterocycles. The highest BCUT2D eigenvalue weighted by Crippen LogP contribution is 2.12. The summed E-state index contributed by atoms with van der Waals surface area (Å²) in [6.07, 6.45) is 11.8. The van der Waals surface area contributed by atoms with E-state index in [1.807, 2.05) is 0 Å². The zero-order valence-electron chi connectivity index (χ0n) is 21.2. The third-order valence-corrected chi connectivity index (χ3v) is 9.43. The van der Waals surface area contributed by atoms with Crippen LogP contribution in [0.3, 0.4) is 0 Å². The van der Waals surface area contributed by atoms with Crippen molar-refractivity contribution in [1.82, 2.24) is 0 Å². The minimum atomic E-state index is -3.02. The molecule has 0 N–H and O–H groups in total. The Hall–Kier alpha value is -1.16. The number of sulfone groups is 2. The maximum absolute atomic E-state index is 12.1. The number of ether oxygens (including phenoxy) is 2. The summed E-state index contributed by atoms with van der Waals surface area (Å²) >= 11 is 0. The molecule has 0 rings (SSSR count). The SMILES string of the molecule is COC(=O)CCCCCS(=O)(=O)CCCCCCCCCCS(=O)(=O)CCCCCC(=O)OC. The number of carbonyl (C=O) groups excluding carboxylic acids is 2. The monoisotopic (exact) mass is 526 g/mol. The lowest BCUT2D eigenvalue weighted by Gasteiger charge is -2.06. The molecule has 0 bridgehead atoms. The molecule has 0 aliphatic rings. The Morgan fingerprint density at radius 1 is 0.441 bits per heavy atom. The van der Waals surface area contributed by atoms with Gasteiger partial charge in [0.2, 0.25) is 0 Å². The number of hydrogen-bond acceptors (Lipinski definition) is 8. The minimum absolute atomic E-state index is 0.185. The first kappa shape index (κ1) is 32.8. The molecule has 0 fully saturated rings. The van der Waals surface area contributed by atoms with Gasteiger partial charge in [0, 0.05) is 12.8 Å². The molecule has 0 aromatic heterocycles. The third-order valence-electron chi connectivity index (χ3n) is 5.79. The van der Waals surface area contributed by atoms with Crippen molar-refractivity contribution in [1.29, 1.82) is 0 Å². The highest BCUT2D eigenvalue weighted by atomic mass is 32.2. The summed E-state index contributed by atoms with van der Waals surface area (Å²) in [4.78, 5) is 22.0. The van der Waals surface area contributed by atoms with Crippen LogP contribution >= 0.6 is 0 Å². The second kappa shape index (κ2) is 20.1. The maximum Gasteiger partial charge on any atom is 0.305 e. The molecule has 8 nitrogen and oxygen atoms in total. The molecule has 0 radical (unpaired) electrons. The summed E-state index contributed by atoms with van der Waals surface area (Å²) in [7, 11) is -3.33. The fourth-order valence-corrected chi connectivity index (χ4v) is 6.63. The van der Waals surface area contributed by atoms with Crippen LogP contribution in [0.2, 0.25) is 0 Å². The summed E-state index contributed by atoms with van der Waals surface area (Å²) < 4.78 is 57.3. The zero-order valence-corrected chi connectivity index (χ0v) is 22.9. The van der Waals surface area contributed by atoms with E-state index in [1.54, 1.807) is 0 Å². The van der Waals surface area contributed by atoms with Crippen LogP contribution in [0.15, 0.2) is 0 Å². The van der Waals surface area contributed by atoms with E-state index in [1.165, 1.54) is 14.2 Å². The van der Waals surface area contributed by atoms with Crippen molar-refractivity contribution in [3.8, 4) is 0 Å². The summed E-state index contributed by atoms with van der Waals surface area (Å²) in [5.74, 6) is 0.311. The fraction of sp³-hybridized carbons (Fsp3) is 0.917. The smallest absolute Gasteiger partial charge is 0.305 e. The predicted molar refractivity (Wildman–Crippen MR) is 135 cm³/mol. The van der Waals surface area contributed by atoms with Crippen LogP contribution in [-0.4, -0.2) is 66.0 Å². The van der Waals surface area contributed by atoms with Crippen LogP contribution in [-0.2, 0) is 38.7 Å². The number of hydrogen-bond donors (Lipinski definition) is 0. The number of methoxy groups -OCH3 is 2. The van der Waals surface area contributed by atoms with Crippen molar-refractivity contribution in [2.75, 3.05) is 37.2 Å². The van der Waals surface area contributed by atoms with Gasteiger partial charge >= 0.3 is 11.9 Å². The average molecular weight is 527 g/mol. The molecular formula is C24H46O8S2. The van der Waals surface area contributed by atoms with Crippen LogP contribution in [0, 0.1) is 0 Å². The van der Waals surface area contributed by atoms with Crippen LogP contribution in [0.4, 0.5) is 0 Å². The van der Waals surface area contributed by atoms with Gasteiger partial charge in [-0.05, 0) is 38.5 Å². The Bertz CT molecular complexity index is 681. The summed E-state index contributed by atoms with van der Waals surface area (Å²) in [6, 6.07) is 0. The Kier molecular flexibility index (Phi) is 19.4. The molecule has 0 aromatic carbocycles. The first-order valence-corrected chi connectivity index (χ1v) is 16.3. The van der Waals surface area contributed by atoms with Gasteiger partial charge in [0.15, 0.2) is 0 Å². The topological polar surface area (TPSA) is 121 Å². The minimum Gasteiger partial charge on any atom is -0.469 e. The highest BCUT2D eigenvalue weighted by molar-refractivity contribution is 7.91. The lowest BCUT2D eigenvalue weighted by Crippen LogP contribution is -2.11. The van der Waals surface area contributed by atoms with E-state index in [4.69, 9.17) is 0 Å². The molecule has 34 heavy (non-hydrogen) atoms. The summed E-state index contributed by atoms with van der Waals surface area (Å²) in [5, 5.41) is 0. The Labute approximate surface area is 207 Å². The molecule has 10 heteroatoms. The van der Waals surface area contributed by atoms with E-state index in [-0.39, 0.29) is 35.0 Å². The summed E-state index contributed by atoms with van der Waals surface area (Å²) in [6.45, 7) is 0. The highest BCUT2D eigenvalue weighted by Gasteiger charge is 2.11. The summed E-state index contributed by atoms with van der Waals surface area (Å²) in [5.41, 5.74) is 0. The van der Waals surface area contributed by atoms with Crippen molar-refractivity contribution < 1.29 is 35.9 Å². The lowest BCUT2D eigenvalue weighted by atomic mass is 10.1. The predicted octanol–water partition coefficient (Wildman–Crippen LogP) is 4.40. The molecule has 0 spiro atoms. The Balaban J connectivity index is 3.58. The van der Waals surface area contributed by atoms with Crippen LogP contribution in [0.1, 0.15) is 103 Å². The molecule has 0 aliphatic heterocycles. The standard InChI is InChI=1S/C24H46O8S2/c1-31-23(25)17-11-9-15-21-33(27,28)19-13-7-5-3-4-6-8-14-20-34(29,30)22-16-10-12-18-24(26)32-2/h3-22H2,1-2H3. The zero-order chi connectivity index (χ0) is 25.7. The average Bonchev–Trinajstić information content (AvgIpc) is 2.79. The number of esters is 2. The van der Waals surface area contributed by atoms with Gasteiger partial charge in [-0.1, -0.05) is 51.4 Å². The van der Waals surface area contributed by atoms with Gasteiger partial charge in [0.05, 0.1) is 37.2 Å². The maximum atomic E-state index is 12.1. The molecule has 0 heterocycles. The van der Waals surface area contributed by atoms with Gasteiger partial charge in [0.1, 0.15) is 19.7 Å². The first-order valence-electron chi connectivity index (χ1n) is 12.7. The van der Waals surface area contributed by atoms with Gasteiger partial charge in [-0.15, -0.1) is 0 Å². The van der Waals surface area contributed by atoms with Crippen LogP contribution in [0.5, 0.6) is 0 Å². The van der Waals surface area contributed by atoms with Gasteiger partial charge in [-0.2, -0.15) is 0 Å². The third kappa shape index (κ3) is 21.4. The molecule has 0 atom stereocenters. The van der Waals surface area contributed by atoms with Gasteiger partial charge in [-0.25, -0.2) is 16.8 Å². The quantitative estimate of drug-likeness (QED) is 0.142. The van der Waals surface area contributed by atoms with E-state index in [2.05, 4.69) is 9.47 Å². The second-order valence-corrected chi connectivity index (χ2v) is 13.5. The number of carbonyl (C=O) groups is 2. The molecule has 0 amide bonds. The van der Waals surface area contributed by atoms with E-state index >= 15 is 0 Å². The number of rotatable bonds is 23. The molecular weight excluding hydrogens is 480 g/mol. The van der Waals surface area contributed by atoms with Crippen molar-refractivity contribution >= 4 is 31.6 Å². The van der Waals surface area contributed by atoms with Gasteiger partial charge < -0.3 is 9.47 Å². The van der Waals surface area contributed by atoms with E-state index in [0.29, 0.717) is 64.2 Å². The Morgan fingerprint density at radius 3 is 0.941 bits per heavy atom. The van der Waals surface area contributed by atoms with E-state index in [9.17, 15) is 26.4 Å². The first-order chi connectivity index (χ1) is 16.1. The number of unbranched alkanes of at least 4 members (excludes halogenated alkanes) is 11. The normalized spacial score (nSPS) is 11.9. The molecule has 202 valence electrons. The molecule has 0 aliphatic carbocycles. The molecule has 0 saturated carbocycles. The Morgan fingerprint density at radius 2 is 0.676 bits per heavy atom. The van der Waals surface area contributed by atoms with Gasteiger partial charge in [0.25, 0.3) is 0 Å². The largest absolute Gasteiger partial charge is 0.469 e.